The Morgan fingerprint density at radius 1 is 1.13 bits per heavy atom. The molecule has 0 saturated heterocycles. The Morgan fingerprint density at radius 2 is 1.84 bits per heavy atom. The minimum atomic E-state index is -3.97. The molecule has 2 aromatic carbocycles. The Hall–Kier alpha value is -3.13. The average molecular weight is 440 g/mol. The van der Waals surface area contributed by atoms with Gasteiger partial charge >= 0.3 is 0 Å². The molecular weight excluding hydrogens is 414 g/mol. The lowest BCUT2D eigenvalue weighted by Gasteiger charge is -2.32. The molecule has 162 valence electrons. The molecule has 7 nitrogen and oxygen atoms in total. The number of aryl methyl sites for hydroxylation is 2. The lowest BCUT2D eigenvalue weighted by molar-refractivity contribution is -0.129. The molecule has 0 radical (unpaired) electrons. The van der Waals surface area contributed by atoms with Crippen LogP contribution in [0.15, 0.2) is 65.8 Å². The standard InChI is InChI=1S/C23H25N3O4S/c1-16-6-10-20(11-7-16)31(29,30)26-13-12-24-23(28)21(26)15-22(27)25-19-9-8-17-4-2-3-5-18(17)14-19/h2-7,10-13,19,21H,8-9,14-15H2,1H3,(H,24,28)(H,25,27). The van der Waals surface area contributed by atoms with Crippen LogP contribution in [-0.4, -0.2) is 36.6 Å². The number of carbonyl (C=O) groups excluding carboxylic acids is 2. The van der Waals surface area contributed by atoms with Crippen LogP contribution < -0.4 is 10.6 Å². The highest BCUT2D eigenvalue weighted by Gasteiger charge is 2.37. The van der Waals surface area contributed by atoms with Gasteiger partial charge in [-0.05, 0) is 49.4 Å². The topological polar surface area (TPSA) is 95.6 Å². The summed E-state index contributed by atoms with van der Waals surface area (Å²) in [5.74, 6) is -0.869. The van der Waals surface area contributed by atoms with E-state index >= 15 is 0 Å². The first-order valence-electron chi connectivity index (χ1n) is 10.3. The number of benzene rings is 2. The maximum Gasteiger partial charge on any atom is 0.264 e. The van der Waals surface area contributed by atoms with Gasteiger partial charge in [0.2, 0.25) is 11.8 Å². The van der Waals surface area contributed by atoms with Gasteiger partial charge in [-0.25, -0.2) is 8.42 Å². The lowest BCUT2D eigenvalue weighted by Crippen LogP contribution is -2.52. The van der Waals surface area contributed by atoms with E-state index in [1.165, 1.54) is 35.7 Å². The number of nitrogens with zero attached hydrogens (tertiary/aromatic N) is 1. The van der Waals surface area contributed by atoms with Crippen molar-refractivity contribution in [3.05, 3.63) is 77.6 Å². The molecule has 31 heavy (non-hydrogen) atoms. The first-order valence-corrected chi connectivity index (χ1v) is 11.7. The van der Waals surface area contributed by atoms with Crippen LogP contribution in [0.4, 0.5) is 0 Å². The summed E-state index contributed by atoms with van der Waals surface area (Å²) in [4.78, 5) is 25.3. The number of hydrogen-bond donors (Lipinski definition) is 2. The second-order valence-corrected chi connectivity index (χ2v) is 9.81. The van der Waals surface area contributed by atoms with E-state index in [0.29, 0.717) is 0 Å². The van der Waals surface area contributed by atoms with Crippen molar-refractivity contribution in [1.29, 1.82) is 0 Å². The number of rotatable bonds is 5. The SMILES string of the molecule is Cc1ccc(S(=O)(=O)N2C=CNC(=O)C2CC(=O)NC2CCc3ccccc3C2)cc1. The van der Waals surface area contributed by atoms with Crippen molar-refractivity contribution >= 4 is 21.8 Å². The van der Waals surface area contributed by atoms with Crippen LogP contribution in [0.3, 0.4) is 0 Å². The van der Waals surface area contributed by atoms with E-state index in [9.17, 15) is 18.0 Å². The summed E-state index contributed by atoms with van der Waals surface area (Å²) >= 11 is 0. The second kappa shape index (κ2) is 8.55. The molecule has 0 spiro atoms. The van der Waals surface area contributed by atoms with Crippen LogP contribution >= 0.6 is 0 Å². The fraction of sp³-hybridized carbons (Fsp3) is 0.304. The van der Waals surface area contributed by atoms with E-state index in [0.717, 1.165) is 29.1 Å². The van der Waals surface area contributed by atoms with Gasteiger partial charge in [-0.2, -0.15) is 0 Å². The third-order valence-corrected chi connectivity index (χ3v) is 7.54. The van der Waals surface area contributed by atoms with Crippen LogP contribution in [-0.2, 0) is 32.5 Å². The van der Waals surface area contributed by atoms with Crippen molar-refractivity contribution in [2.45, 2.75) is 49.6 Å². The third-order valence-electron chi connectivity index (χ3n) is 5.74. The van der Waals surface area contributed by atoms with Crippen molar-refractivity contribution in [2.75, 3.05) is 0 Å². The molecule has 2 aromatic rings. The van der Waals surface area contributed by atoms with E-state index in [1.54, 1.807) is 12.1 Å². The summed E-state index contributed by atoms with van der Waals surface area (Å²) in [5, 5.41) is 5.49. The number of sulfonamides is 1. The smallest absolute Gasteiger partial charge is 0.264 e. The maximum atomic E-state index is 13.1. The highest BCUT2D eigenvalue weighted by atomic mass is 32.2. The largest absolute Gasteiger partial charge is 0.353 e. The fourth-order valence-corrected chi connectivity index (χ4v) is 5.50. The van der Waals surface area contributed by atoms with Gasteiger partial charge in [0.25, 0.3) is 10.0 Å². The van der Waals surface area contributed by atoms with Gasteiger partial charge < -0.3 is 10.6 Å². The van der Waals surface area contributed by atoms with Crippen molar-refractivity contribution in [3.8, 4) is 0 Å². The Bertz CT molecular complexity index is 1130. The molecular formula is C23H25N3O4S. The van der Waals surface area contributed by atoms with Gasteiger partial charge in [-0.3, -0.25) is 13.9 Å². The number of carbonyl (C=O) groups is 2. The van der Waals surface area contributed by atoms with Crippen LogP contribution in [0.5, 0.6) is 0 Å². The van der Waals surface area contributed by atoms with E-state index < -0.39 is 22.0 Å². The molecule has 1 heterocycles. The van der Waals surface area contributed by atoms with Gasteiger partial charge in [0.1, 0.15) is 6.04 Å². The molecule has 1 aliphatic carbocycles. The minimum Gasteiger partial charge on any atom is -0.353 e. The maximum absolute atomic E-state index is 13.1. The summed E-state index contributed by atoms with van der Waals surface area (Å²) in [6.45, 7) is 1.86. The molecule has 1 aliphatic heterocycles. The summed E-state index contributed by atoms with van der Waals surface area (Å²) < 4.78 is 27.2. The zero-order valence-corrected chi connectivity index (χ0v) is 18.1. The molecule has 0 aromatic heterocycles. The number of fused-ring (bicyclic) bond motifs is 1. The molecule has 2 unspecified atom stereocenters. The zero-order chi connectivity index (χ0) is 22.0. The summed E-state index contributed by atoms with van der Waals surface area (Å²) in [6.07, 6.45) is 4.74. The summed E-state index contributed by atoms with van der Waals surface area (Å²) in [5.41, 5.74) is 3.43. The quantitative estimate of drug-likeness (QED) is 0.745. The number of hydrogen-bond acceptors (Lipinski definition) is 4. The van der Waals surface area contributed by atoms with E-state index in [1.807, 2.05) is 19.1 Å². The van der Waals surface area contributed by atoms with Crippen LogP contribution in [0.25, 0.3) is 0 Å². The highest BCUT2D eigenvalue weighted by molar-refractivity contribution is 7.89. The average Bonchev–Trinajstić information content (AvgIpc) is 2.75. The van der Waals surface area contributed by atoms with Crippen molar-refractivity contribution in [1.82, 2.24) is 14.9 Å². The number of amides is 2. The van der Waals surface area contributed by atoms with Gasteiger partial charge in [0.15, 0.2) is 0 Å². The fourth-order valence-electron chi connectivity index (χ4n) is 4.05. The lowest BCUT2D eigenvalue weighted by atomic mass is 9.88. The molecule has 4 rings (SSSR count). The van der Waals surface area contributed by atoms with Crippen LogP contribution in [0.2, 0.25) is 0 Å². The molecule has 0 fully saturated rings. The Labute approximate surface area is 182 Å². The molecule has 2 atom stereocenters. The Kier molecular flexibility index (Phi) is 5.82. The van der Waals surface area contributed by atoms with Crippen LogP contribution in [0, 0.1) is 6.92 Å². The van der Waals surface area contributed by atoms with Crippen LogP contribution in [0.1, 0.15) is 29.5 Å². The van der Waals surface area contributed by atoms with Crippen molar-refractivity contribution in [2.24, 2.45) is 0 Å². The minimum absolute atomic E-state index is 0.0354. The normalized spacial score (nSPS) is 20.7. The van der Waals surface area contributed by atoms with Crippen molar-refractivity contribution < 1.29 is 18.0 Å². The van der Waals surface area contributed by atoms with E-state index in [-0.39, 0.29) is 23.3 Å². The first kappa shape index (κ1) is 21.1. The highest BCUT2D eigenvalue weighted by Crippen LogP contribution is 2.24. The zero-order valence-electron chi connectivity index (χ0n) is 17.2. The van der Waals surface area contributed by atoms with Gasteiger partial charge in [-0.1, -0.05) is 42.0 Å². The van der Waals surface area contributed by atoms with E-state index in [4.69, 9.17) is 0 Å². The van der Waals surface area contributed by atoms with Gasteiger partial charge in [0, 0.05) is 18.4 Å². The monoisotopic (exact) mass is 439 g/mol. The van der Waals surface area contributed by atoms with E-state index in [2.05, 4.69) is 22.8 Å². The molecule has 2 N–H and O–H groups in total. The Morgan fingerprint density at radius 3 is 2.58 bits per heavy atom. The molecule has 2 aliphatic rings. The predicted octanol–water partition coefficient (Wildman–Crippen LogP) is 2.02. The predicted molar refractivity (Wildman–Crippen MR) is 116 cm³/mol. The van der Waals surface area contributed by atoms with Gasteiger partial charge in [-0.15, -0.1) is 0 Å². The Balaban J connectivity index is 1.48. The molecule has 0 saturated carbocycles. The third kappa shape index (κ3) is 4.49. The van der Waals surface area contributed by atoms with Gasteiger partial charge in [0.05, 0.1) is 11.3 Å². The molecule has 2 amide bonds. The molecule has 0 bridgehead atoms. The number of nitrogens with one attached hydrogen (secondary N) is 2. The second-order valence-electron chi connectivity index (χ2n) is 7.97. The summed E-state index contributed by atoms with van der Waals surface area (Å²) in [6, 6.07) is 13.4. The van der Waals surface area contributed by atoms with Crippen molar-refractivity contribution in [3.63, 3.8) is 0 Å². The summed E-state index contributed by atoms with van der Waals surface area (Å²) in [7, 11) is -3.97. The molecule has 8 heteroatoms. The first-order chi connectivity index (χ1) is 14.8.